The van der Waals surface area contributed by atoms with E-state index in [0.29, 0.717) is 25.6 Å². The third-order valence-electron chi connectivity index (χ3n) is 5.40. The molecule has 8 nitrogen and oxygen atoms in total. The minimum atomic E-state index is -0.155. The second-order valence-corrected chi connectivity index (χ2v) is 7.03. The third kappa shape index (κ3) is 4.44. The molecule has 2 aliphatic carbocycles. The molecule has 1 aliphatic heterocycles. The molecule has 0 aromatic rings. The third-order valence-corrected chi connectivity index (χ3v) is 5.40. The van der Waals surface area contributed by atoms with E-state index in [0.717, 1.165) is 12.8 Å². The number of amides is 3. The van der Waals surface area contributed by atoms with Gasteiger partial charge in [-0.05, 0) is 24.7 Å². The Balaban J connectivity index is 0.00000261. The number of nitrogens with one attached hydrogen (secondary N) is 3. The Hall–Kier alpha value is -1.65. The molecule has 2 fully saturated rings. The fraction of sp³-hybridized carbons (Fsp3) is 0.667. The maximum atomic E-state index is 12.6. The maximum absolute atomic E-state index is 12.6. The molecule has 150 valence electrons. The predicted molar refractivity (Wildman–Crippen MR) is 113 cm³/mol. The first kappa shape index (κ1) is 21.6. The van der Waals surface area contributed by atoms with E-state index in [4.69, 9.17) is 0 Å². The number of carbonyl (C=O) groups excluding carboxylic acids is 3. The second-order valence-electron chi connectivity index (χ2n) is 7.03. The van der Waals surface area contributed by atoms with Gasteiger partial charge in [0.1, 0.15) is 0 Å². The summed E-state index contributed by atoms with van der Waals surface area (Å²) in [6, 6.07) is 0. The van der Waals surface area contributed by atoms with Gasteiger partial charge in [0.05, 0.1) is 18.4 Å². The van der Waals surface area contributed by atoms with Crippen LogP contribution in [-0.2, 0) is 14.4 Å². The topological polar surface area (TPSA) is 103 Å². The summed E-state index contributed by atoms with van der Waals surface area (Å²) >= 11 is 0. The van der Waals surface area contributed by atoms with Gasteiger partial charge in [-0.25, -0.2) is 0 Å². The number of allylic oxidation sites excluding steroid dienone is 2. The van der Waals surface area contributed by atoms with Crippen LogP contribution in [0.25, 0.3) is 0 Å². The Morgan fingerprint density at radius 3 is 2.30 bits per heavy atom. The molecule has 1 heterocycles. The van der Waals surface area contributed by atoms with Crippen LogP contribution < -0.4 is 16.0 Å². The number of carbonyl (C=O) groups is 3. The highest BCUT2D eigenvalue weighted by atomic mass is 127. The molecule has 27 heavy (non-hydrogen) atoms. The van der Waals surface area contributed by atoms with Crippen molar-refractivity contribution in [2.24, 2.45) is 28.7 Å². The number of nitrogens with zero attached hydrogens (tertiary/aromatic N) is 2. The molecule has 4 unspecified atom stereocenters. The van der Waals surface area contributed by atoms with E-state index in [1.807, 2.05) is 6.92 Å². The van der Waals surface area contributed by atoms with E-state index in [9.17, 15) is 14.4 Å². The van der Waals surface area contributed by atoms with Gasteiger partial charge in [0.15, 0.2) is 5.96 Å². The first-order chi connectivity index (χ1) is 12.6. The molecule has 0 aromatic heterocycles. The zero-order chi connectivity index (χ0) is 18.7. The lowest BCUT2D eigenvalue weighted by atomic mass is 9.85. The van der Waals surface area contributed by atoms with Crippen LogP contribution in [0.15, 0.2) is 17.1 Å². The molecule has 9 heteroatoms. The number of hydrogen-bond acceptors (Lipinski definition) is 4. The van der Waals surface area contributed by atoms with Crippen molar-refractivity contribution in [3.05, 3.63) is 12.2 Å². The van der Waals surface area contributed by atoms with Gasteiger partial charge in [-0.2, -0.15) is 0 Å². The summed E-state index contributed by atoms with van der Waals surface area (Å²) in [4.78, 5) is 42.2. The Labute approximate surface area is 176 Å². The summed E-state index contributed by atoms with van der Waals surface area (Å²) in [5.41, 5.74) is 0. The first-order valence-electron chi connectivity index (χ1n) is 9.31. The zero-order valence-corrected chi connectivity index (χ0v) is 18.1. The number of halogens is 1. The number of aliphatic imine (C=N–C) groups is 1. The standard InChI is InChI=1S/C18H27N5O3.HI/c1-3-6-20-13(24)10-22-18(19-2)21-7-8-23-16(25)14-11-4-5-12(9-11)15(14)17(23)26;/h4-5,11-12,14-15H,3,6-10H2,1-2H3,(H,20,24)(H2,19,21,22);1H. The van der Waals surface area contributed by atoms with Crippen LogP contribution >= 0.6 is 24.0 Å². The first-order valence-corrected chi connectivity index (χ1v) is 9.31. The molecule has 3 aliphatic rings. The molecule has 3 amide bonds. The molecule has 0 aromatic carbocycles. The van der Waals surface area contributed by atoms with E-state index in [-0.39, 0.29) is 71.9 Å². The van der Waals surface area contributed by atoms with E-state index >= 15 is 0 Å². The van der Waals surface area contributed by atoms with Gasteiger partial charge in [0.25, 0.3) is 0 Å². The monoisotopic (exact) mass is 489 g/mol. The van der Waals surface area contributed by atoms with Gasteiger partial charge >= 0.3 is 0 Å². The van der Waals surface area contributed by atoms with Gasteiger partial charge in [0, 0.05) is 26.7 Å². The van der Waals surface area contributed by atoms with Crippen molar-refractivity contribution in [1.82, 2.24) is 20.9 Å². The van der Waals surface area contributed by atoms with Crippen molar-refractivity contribution in [2.75, 3.05) is 33.2 Å². The number of likely N-dealkylation sites (tertiary alicyclic amines) is 1. The number of hydrogen-bond donors (Lipinski definition) is 3. The van der Waals surface area contributed by atoms with Crippen molar-refractivity contribution in [3.8, 4) is 0 Å². The van der Waals surface area contributed by atoms with Crippen LogP contribution in [0.2, 0.25) is 0 Å². The summed E-state index contributed by atoms with van der Waals surface area (Å²) < 4.78 is 0. The van der Waals surface area contributed by atoms with Gasteiger partial charge < -0.3 is 16.0 Å². The highest BCUT2D eigenvalue weighted by Gasteiger charge is 2.58. The lowest BCUT2D eigenvalue weighted by Gasteiger charge is -2.18. The second kappa shape index (κ2) is 9.52. The molecule has 2 bridgehead atoms. The summed E-state index contributed by atoms with van der Waals surface area (Å²) in [5.74, 6) is 0.439. The largest absolute Gasteiger partial charge is 0.355 e. The highest BCUT2D eigenvalue weighted by molar-refractivity contribution is 14.0. The fourth-order valence-electron chi connectivity index (χ4n) is 4.18. The molecule has 3 rings (SSSR count). The van der Waals surface area contributed by atoms with E-state index < -0.39 is 0 Å². The Morgan fingerprint density at radius 2 is 1.74 bits per heavy atom. The summed E-state index contributed by atoms with van der Waals surface area (Å²) in [6.45, 7) is 3.47. The molecule has 4 atom stereocenters. The molecular formula is C18H28IN5O3. The number of fused-ring (bicyclic) bond motifs is 5. The Bertz CT molecular complexity index is 621. The van der Waals surface area contributed by atoms with Crippen molar-refractivity contribution in [3.63, 3.8) is 0 Å². The number of guanidine groups is 1. The molecule has 3 N–H and O–H groups in total. The lowest BCUT2D eigenvalue weighted by Crippen LogP contribution is -2.46. The average Bonchev–Trinajstić information content (AvgIpc) is 3.31. The SMILES string of the molecule is CCCNC(=O)CNC(=NC)NCCN1C(=O)C2C3C=CC(C3)C2C1=O.I. The average molecular weight is 489 g/mol. The molecule has 1 saturated heterocycles. The maximum Gasteiger partial charge on any atom is 0.239 e. The van der Waals surface area contributed by atoms with E-state index in [1.165, 1.54) is 4.90 Å². The lowest BCUT2D eigenvalue weighted by molar-refractivity contribution is -0.140. The molecule has 0 radical (unpaired) electrons. The van der Waals surface area contributed by atoms with Crippen LogP contribution in [0.1, 0.15) is 19.8 Å². The van der Waals surface area contributed by atoms with Crippen molar-refractivity contribution >= 4 is 47.7 Å². The predicted octanol–water partition coefficient (Wildman–Crippen LogP) is 0.103. The Kier molecular flexibility index (Phi) is 7.63. The van der Waals surface area contributed by atoms with Crippen LogP contribution in [-0.4, -0.2) is 61.8 Å². The molecular weight excluding hydrogens is 461 g/mol. The van der Waals surface area contributed by atoms with Gasteiger partial charge in [0.2, 0.25) is 17.7 Å². The van der Waals surface area contributed by atoms with E-state index in [2.05, 4.69) is 33.1 Å². The molecule has 0 spiro atoms. The quantitative estimate of drug-likeness (QED) is 0.155. The van der Waals surface area contributed by atoms with Crippen LogP contribution in [0.3, 0.4) is 0 Å². The minimum Gasteiger partial charge on any atom is -0.355 e. The highest BCUT2D eigenvalue weighted by Crippen LogP contribution is 2.52. The Morgan fingerprint density at radius 1 is 1.11 bits per heavy atom. The van der Waals surface area contributed by atoms with Crippen LogP contribution in [0.4, 0.5) is 0 Å². The number of imide groups is 1. The number of rotatable bonds is 7. The minimum absolute atomic E-state index is 0. The zero-order valence-electron chi connectivity index (χ0n) is 15.7. The van der Waals surface area contributed by atoms with Crippen LogP contribution in [0, 0.1) is 23.7 Å². The summed E-state index contributed by atoms with van der Waals surface area (Å²) in [7, 11) is 1.61. The van der Waals surface area contributed by atoms with Gasteiger partial charge in [-0.3, -0.25) is 24.3 Å². The summed E-state index contributed by atoms with van der Waals surface area (Å²) in [5, 5.41) is 8.74. The fourth-order valence-corrected chi connectivity index (χ4v) is 4.18. The molecule has 1 saturated carbocycles. The van der Waals surface area contributed by atoms with Crippen LogP contribution in [0.5, 0.6) is 0 Å². The van der Waals surface area contributed by atoms with Gasteiger partial charge in [-0.15, -0.1) is 24.0 Å². The van der Waals surface area contributed by atoms with Crippen molar-refractivity contribution in [2.45, 2.75) is 19.8 Å². The van der Waals surface area contributed by atoms with Crippen molar-refractivity contribution in [1.29, 1.82) is 0 Å². The smallest absolute Gasteiger partial charge is 0.239 e. The van der Waals surface area contributed by atoms with Gasteiger partial charge in [-0.1, -0.05) is 19.1 Å². The normalized spacial score (nSPS) is 28.2. The van der Waals surface area contributed by atoms with Crippen molar-refractivity contribution < 1.29 is 14.4 Å². The summed E-state index contributed by atoms with van der Waals surface area (Å²) in [6.07, 6.45) is 6.01. The van der Waals surface area contributed by atoms with E-state index in [1.54, 1.807) is 7.05 Å².